The van der Waals surface area contributed by atoms with Crippen molar-refractivity contribution in [3.05, 3.63) is 22.0 Å². The van der Waals surface area contributed by atoms with E-state index in [9.17, 15) is 4.79 Å². The Hall–Kier alpha value is -1.16. The molecule has 2 heterocycles. The van der Waals surface area contributed by atoms with Gasteiger partial charge >= 0.3 is 0 Å². The molecule has 18 heavy (non-hydrogen) atoms. The smallest absolute Gasteiger partial charge is 0.195 e. The van der Waals surface area contributed by atoms with Crippen molar-refractivity contribution >= 4 is 22.1 Å². The minimum absolute atomic E-state index is 0.129. The predicted octanol–water partition coefficient (Wildman–Crippen LogP) is 4.15. The van der Waals surface area contributed by atoms with Crippen molar-refractivity contribution in [2.24, 2.45) is 0 Å². The predicted molar refractivity (Wildman–Crippen MR) is 76.0 cm³/mol. The van der Waals surface area contributed by atoms with Crippen LogP contribution >= 0.6 is 11.3 Å². The molecule has 0 N–H and O–H groups in total. The van der Waals surface area contributed by atoms with Gasteiger partial charge in [-0.2, -0.15) is 0 Å². The zero-order valence-electron chi connectivity index (χ0n) is 11.9. The van der Waals surface area contributed by atoms with Gasteiger partial charge in [0.05, 0.1) is 10.6 Å². The van der Waals surface area contributed by atoms with Crippen LogP contribution in [-0.2, 0) is 0 Å². The van der Waals surface area contributed by atoms with E-state index in [4.69, 9.17) is 4.98 Å². The van der Waals surface area contributed by atoms with Gasteiger partial charge in [0.25, 0.3) is 0 Å². The normalized spacial score (nSPS) is 12.0. The lowest BCUT2D eigenvalue weighted by Crippen LogP contribution is -2.03. The first kappa shape index (κ1) is 13.3. The van der Waals surface area contributed by atoms with Crippen molar-refractivity contribution in [1.29, 1.82) is 0 Å². The van der Waals surface area contributed by atoms with Crippen LogP contribution < -0.4 is 0 Å². The molecule has 4 heteroatoms. The highest BCUT2D eigenvalue weighted by Gasteiger charge is 2.23. The van der Waals surface area contributed by atoms with Crippen molar-refractivity contribution in [2.45, 2.75) is 53.4 Å². The molecule has 98 valence electrons. The van der Waals surface area contributed by atoms with E-state index < -0.39 is 0 Å². The van der Waals surface area contributed by atoms with Gasteiger partial charge < -0.3 is 0 Å². The quantitative estimate of drug-likeness (QED) is 0.780. The van der Waals surface area contributed by atoms with Crippen LogP contribution in [0.15, 0.2) is 0 Å². The van der Waals surface area contributed by atoms with Gasteiger partial charge in [-0.3, -0.25) is 9.20 Å². The maximum atomic E-state index is 11.6. The average molecular weight is 264 g/mol. The number of Topliss-reactive ketones (excluding diaryl/α,β-unsaturated/α-hetero) is 1. The summed E-state index contributed by atoms with van der Waals surface area (Å²) in [5, 5.41) is 0. The van der Waals surface area contributed by atoms with E-state index in [1.807, 2.05) is 6.92 Å². The van der Waals surface area contributed by atoms with Crippen LogP contribution in [0.4, 0.5) is 0 Å². The first-order chi connectivity index (χ1) is 8.34. The molecule has 0 aliphatic heterocycles. The fourth-order valence-electron chi connectivity index (χ4n) is 2.39. The van der Waals surface area contributed by atoms with E-state index in [1.165, 1.54) is 17.0 Å². The van der Waals surface area contributed by atoms with E-state index in [-0.39, 0.29) is 5.78 Å². The van der Waals surface area contributed by atoms with Crippen LogP contribution in [-0.4, -0.2) is 15.2 Å². The van der Waals surface area contributed by atoms with Crippen molar-refractivity contribution in [1.82, 2.24) is 9.38 Å². The van der Waals surface area contributed by atoms with Crippen LogP contribution in [0.25, 0.3) is 4.96 Å². The lowest BCUT2D eigenvalue weighted by atomic mass is 10.0. The summed E-state index contributed by atoms with van der Waals surface area (Å²) in [5.74, 6) is 0.948. The third-order valence-electron chi connectivity index (χ3n) is 3.18. The molecular formula is C14H20N2OS. The molecule has 3 nitrogen and oxygen atoms in total. The number of hydrogen-bond acceptors (Lipinski definition) is 3. The molecule has 2 aromatic rings. The Balaban J connectivity index is 2.80. The molecule has 0 amide bonds. The van der Waals surface area contributed by atoms with Crippen molar-refractivity contribution in [3.8, 4) is 0 Å². The third kappa shape index (κ3) is 1.88. The largest absolute Gasteiger partial charge is 0.294 e. The molecular weight excluding hydrogens is 244 g/mol. The van der Waals surface area contributed by atoms with Crippen LogP contribution in [0.3, 0.4) is 0 Å². The van der Waals surface area contributed by atoms with Gasteiger partial charge in [0.2, 0.25) is 0 Å². The molecule has 0 saturated heterocycles. The Kier molecular flexibility index (Phi) is 3.32. The summed E-state index contributed by atoms with van der Waals surface area (Å²) in [7, 11) is 0. The Labute approximate surface area is 112 Å². The highest BCUT2D eigenvalue weighted by molar-refractivity contribution is 7.19. The fourth-order valence-corrected chi connectivity index (χ4v) is 3.43. The first-order valence-electron chi connectivity index (χ1n) is 6.37. The summed E-state index contributed by atoms with van der Waals surface area (Å²) in [4.78, 5) is 18.1. The number of rotatable bonds is 3. The summed E-state index contributed by atoms with van der Waals surface area (Å²) in [6.45, 7) is 12.3. The summed E-state index contributed by atoms with van der Waals surface area (Å²) in [6, 6.07) is 0. The molecule has 2 rings (SSSR count). The second kappa shape index (κ2) is 4.50. The SMILES string of the molecule is CC(=O)c1sc2nc(C(C)C)c(C(C)C)n2c1C. The summed E-state index contributed by atoms with van der Waals surface area (Å²) >= 11 is 1.50. The van der Waals surface area contributed by atoms with Crippen LogP contribution in [0.5, 0.6) is 0 Å². The topological polar surface area (TPSA) is 34.4 Å². The van der Waals surface area contributed by atoms with Gasteiger partial charge in [0.1, 0.15) is 0 Å². The summed E-state index contributed by atoms with van der Waals surface area (Å²) in [5.41, 5.74) is 3.45. The number of imidazole rings is 1. The highest BCUT2D eigenvalue weighted by Crippen LogP contribution is 2.33. The molecule has 0 aromatic carbocycles. The number of nitrogens with zero attached hydrogens (tertiary/aromatic N) is 2. The van der Waals surface area contributed by atoms with E-state index >= 15 is 0 Å². The van der Waals surface area contributed by atoms with Crippen molar-refractivity contribution in [2.75, 3.05) is 0 Å². The lowest BCUT2D eigenvalue weighted by Gasteiger charge is -2.11. The zero-order chi connectivity index (χ0) is 13.6. The number of carbonyl (C=O) groups excluding carboxylic acids is 1. The Morgan fingerprint density at radius 1 is 1.22 bits per heavy atom. The molecule has 0 aliphatic rings. The average Bonchev–Trinajstić information content (AvgIpc) is 2.75. The molecule has 0 saturated carbocycles. The van der Waals surface area contributed by atoms with Gasteiger partial charge in [-0.05, 0) is 18.8 Å². The Morgan fingerprint density at radius 2 is 1.83 bits per heavy atom. The first-order valence-corrected chi connectivity index (χ1v) is 7.18. The zero-order valence-corrected chi connectivity index (χ0v) is 12.7. The number of fused-ring (bicyclic) bond motifs is 1. The van der Waals surface area contributed by atoms with Crippen LogP contribution in [0, 0.1) is 6.92 Å². The minimum atomic E-state index is 0.129. The van der Waals surface area contributed by atoms with E-state index in [1.54, 1.807) is 6.92 Å². The molecule has 0 atom stereocenters. The molecule has 0 bridgehead atoms. The molecule has 2 aromatic heterocycles. The minimum Gasteiger partial charge on any atom is -0.294 e. The number of hydrogen-bond donors (Lipinski definition) is 0. The van der Waals surface area contributed by atoms with Gasteiger partial charge in [-0.25, -0.2) is 4.98 Å². The van der Waals surface area contributed by atoms with E-state index in [2.05, 4.69) is 32.1 Å². The molecule has 0 aliphatic carbocycles. The highest BCUT2D eigenvalue weighted by atomic mass is 32.1. The van der Waals surface area contributed by atoms with E-state index in [0.717, 1.165) is 21.2 Å². The maximum absolute atomic E-state index is 11.6. The van der Waals surface area contributed by atoms with Gasteiger partial charge in [0, 0.05) is 18.3 Å². The Bertz CT molecular complexity index is 605. The van der Waals surface area contributed by atoms with Gasteiger partial charge in [0.15, 0.2) is 10.7 Å². The fraction of sp³-hybridized carbons (Fsp3) is 0.571. The monoisotopic (exact) mass is 264 g/mol. The standard InChI is InChI=1S/C14H20N2OS/c1-7(2)11-12(8(3)4)16-9(5)13(10(6)17)18-14(16)15-11/h7-8H,1-6H3. The maximum Gasteiger partial charge on any atom is 0.195 e. The van der Waals surface area contributed by atoms with Crippen LogP contribution in [0.1, 0.15) is 73.2 Å². The number of carbonyl (C=O) groups is 1. The molecule has 0 spiro atoms. The van der Waals surface area contributed by atoms with Gasteiger partial charge in [-0.15, -0.1) is 0 Å². The van der Waals surface area contributed by atoms with Crippen LogP contribution in [0.2, 0.25) is 0 Å². The third-order valence-corrected chi connectivity index (χ3v) is 4.43. The van der Waals surface area contributed by atoms with E-state index in [0.29, 0.717) is 11.8 Å². The van der Waals surface area contributed by atoms with Gasteiger partial charge in [-0.1, -0.05) is 39.0 Å². The number of aryl methyl sites for hydroxylation is 1. The summed E-state index contributed by atoms with van der Waals surface area (Å²) < 4.78 is 2.17. The number of thiazole rings is 1. The Morgan fingerprint density at radius 3 is 2.28 bits per heavy atom. The lowest BCUT2D eigenvalue weighted by molar-refractivity contribution is 0.102. The van der Waals surface area contributed by atoms with Crippen molar-refractivity contribution < 1.29 is 4.79 Å². The van der Waals surface area contributed by atoms with Crippen molar-refractivity contribution in [3.63, 3.8) is 0 Å². The molecule has 0 radical (unpaired) electrons. The second-order valence-electron chi connectivity index (χ2n) is 5.38. The molecule has 0 fully saturated rings. The summed E-state index contributed by atoms with van der Waals surface area (Å²) in [6.07, 6.45) is 0. The molecule has 0 unspecified atom stereocenters. The second-order valence-corrected chi connectivity index (χ2v) is 6.36. The number of ketones is 1. The number of aromatic nitrogens is 2.